The van der Waals surface area contributed by atoms with E-state index in [-0.39, 0.29) is 29.2 Å². The lowest BCUT2D eigenvalue weighted by Gasteiger charge is -2.20. The molecule has 3 aromatic rings. The van der Waals surface area contributed by atoms with Crippen LogP contribution in [0.1, 0.15) is 52.9 Å². The predicted molar refractivity (Wildman–Crippen MR) is 137 cm³/mol. The molecule has 0 radical (unpaired) electrons. The summed E-state index contributed by atoms with van der Waals surface area (Å²) in [7, 11) is 1.88. The summed E-state index contributed by atoms with van der Waals surface area (Å²) in [5.41, 5.74) is 9.89. The van der Waals surface area contributed by atoms with E-state index in [1.165, 1.54) is 12.4 Å². The molecule has 0 saturated carbocycles. The predicted octanol–water partition coefficient (Wildman–Crippen LogP) is 2.19. The number of rotatable bonds is 11. The van der Waals surface area contributed by atoms with Crippen LogP contribution in [0.15, 0.2) is 60.9 Å². The zero-order valence-corrected chi connectivity index (χ0v) is 19.7. The van der Waals surface area contributed by atoms with Gasteiger partial charge in [-0.15, -0.1) is 0 Å². The molecule has 2 aromatic carbocycles. The van der Waals surface area contributed by atoms with Gasteiger partial charge in [0, 0.05) is 31.2 Å². The van der Waals surface area contributed by atoms with E-state index in [4.69, 9.17) is 5.73 Å². The van der Waals surface area contributed by atoms with E-state index in [1.807, 2.05) is 56.5 Å². The molecule has 2 amide bonds. The minimum atomic E-state index is -0.362. The molecule has 5 N–H and O–H groups in total. The van der Waals surface area contributed by atoms with Gasteiger partial charge in [-0.2, -0.15) is 0 Å². The van der Waals surface area contributed by atoms with E-state index in [1.54, 1.807) is 0 Å². The SMILES string of the molecule is BNc1ccccc1[C@H](CCC)C(=O)NCCc1ccc(CNC(=O)c2nccnc2N)cc1. The van der Waals surface area contributed by atoms with Gasteiger partial charge in [-0.05, 0) is 35.6 Å². The van der Waals surface area contributed by atoms with E-state index in [0.29, 0.717) is 13.1 Å². The summed E-state index contributed by atoms with van der Waals surface area (Å²) in [5, 5.41) is 9.08. The van der Waals surface area contributed by atoms with Crippen LogP contribution in [0.2, 0.25) is 0 Å². The maximum atomic E-state index is 12.9. The average molecular weight is 458 g/mol. The van der Waals surface area contributed by atoms with Gasteiger partial charge in [-0.25, -0.2) is 9.97 Å². The fraction of sp³-hybridized carbons (Fsp3) is 0.280. The van der Waals surface area contributed by atoms with Crippen molar-refractivity contribution in [3.05, 3.63) is 83.3 Å². The first-order valence-electron chi connectivity index (χ1n) is 11.5. The first-order valence-corrected chi connectivity index (χ1v) is 11.5. The standard InChI is InChI=1S/C25H31BN6O2/c1-2-5-20(19-6-3-4-7-21(19)32-26)24(33)30-13-12-17-8-10-18(11-9-17)16-31-25(34)22-23(27)29-15-14-28-22/h3-4,6-11,14-15,20,32H,2,5,12-13,16,26H2,1H3,(H2,27,29)(H,30,33)(H,31,34)/t20-/m0/s1. The molecule has 34 heavy (non-hydrogen) atoms. The van der Waals surface area contributed by atoms with Gasteiger partial charge in [0.15, 0.2) is 11.5 Å². The number of carbonyl (C=O) groups excluding carboxylic acids is 2. The van der Waals surface area contributed by atoms with Gasteiger partial charge in [0.25, 0.3) is 5.91 Å². The molecule has 0 fully saturated rings. The fourth-order valence-corrected chi connectivity index (χ4v) is 3.81. The summed E-state index contributed by atoms with van der Waals surface area (Å²) in [6.07, 6.45) is 5.32. The van der Waals surface area contributed by atoms with Crippen LogP contribution in [-0.4, -0.2) is 36.3 Å². The number of amides is 2. The molecule has 8 nitrogen and oxygen atoms in total. The van der Waals surface area contributed by atoms with Crippen molar-refractivity contribution < 1.29 is 9.59 Å². The third-order valence-corrected chi connectivity index (χ3v) is 5.63. The Morgan fingerprint density at radius 3 is 2.41 bits per heavy atom. The summed E-state index contributed by atoms with van der Waals surface area (Å²) < 4.78 is 0. The molecule has 0 aliphatic carbocycles. The number of hydrogen-bond acceptors (Lipinski definition) is 6. The van der Waals surface area contributed by atoms with Gasteiger partial charge in [0.05, 0.1) is 5.92 Å². The third-order valence-electron chi connectivity index (χ3n) is 5.63. The molecule has 0 bridgehead atoms. The molecule has 176 valence electrons. The summed E-state index contributed by atoms with van der Waals surface area (Å²) >= 11 is 0. The second-order valence-electron chi connectivity index (χ2n) is 8.01. The maximum absolute atomic E-state index is 12.9. The number of carbonyl (C=O) groups is 2. The second kappa shape index (κ2) is 12.4. The largest absolute Gasteiger partial charge is 0.434 e. The molecule has 0 aliphatic heterocycles. The minimum Gasteiger partial charge on any atom is -0.434 e. The van der Waals surface area contributed by atoms with Crippen LogP contribution in [0.25, 0.3) is 0 Å². The Morgan fingerprint density at radius 2 is 1.71 bits per heavy atom. The Kier molecular flexibility index (Phi) is 9.02. The molecule has 1 heterocycles. The van der Waals surface area contributed by atoms with Gasteiger partial charge in [-0.1, -0.05) is 55.8 Å². The average Bonchev–Trinajstić information content (AvgIpc) is 2.86. The van der Waals surface area contributed by atoms with E-state index in [2.05, 4.69) is 32.8 Å². The molecule has 1 aromatic heterocycles. The monoisotopic (exact) mass is 458 g/mol. The van der Waals surface area contributed by atoms with Crippen LogP contribution >= 0.6 is 0 Å². The maximum Gasteiger partial charge on any atom is 0.273 e. The van der Waals surface area contributed by atoms with Crippen LogP contribution in [-0.2, 0) is 17.8 Å². The van der Waals surface area contributed by atoms with Crippen LogP contribution in [0.4, 0.5) is 11.5 Å². The smallest absolute Gasteiger partial charge is 0.273 e. The molecular formula is C25H31BN6O2. The lowest BCUT2D eigenvalue weighted by Crippen LogP contribution is -2.31. The van der Waals surface area contributed by atoms with Crippen molar-refractivity contribution in [2.24, 2.45) is 0 Å². The molecule has 9 heteroatoms. The van der Waals surface area contributed by atoms with E-state index >= 15 is 0 Å². The molecule has 0 spiro atoms. The lowest BCUT2D eigenvalue weighted by molar-refractivity contribution is -0.122. The van der Waals surface area contributed by atoms with E-state index in [0.717, 1.165) is 41.6 Å². The quantitative estimate of drug-likeness (QED) is 0.327. The number of aromatic nitrogens is 2. The number of nitrogens with two attached hydrogens (primary N) is 1. The highest BCUT2D eigenvalue weighted by Crippen LogP contribution is 2.28. The Hall–Kier alpha value is -3.88. The number of hydrogen-bond donors (Lipinski definition) is 4. The number of benzene rings is 2. The molecule has 3 rings (SSSR count). The topological polar surface area (TPSA) is 122 Å². The molecule has 0 unspecified atom stereocenters. The molecular weight excluding hydrogens is 427 g/mol. The first-order chi connectivity index (χ1) is 16.5. The first kappa shape index (κ1) is 24.8. The fourth-order valence-electron chi connectivity index (χ4n) is 3.81. The highest BCUT2D eigenvalue weighted by Gasteiger charge is 2.21. The number of nitrogens with zero attached hydrogens (tertiary/aromatic N) is 2. The zero-order valence-electron chi connectivity index (χ0n) is 19.7. The number of para-hydroxylation sites is 1. The highest BCUT2D eigenvalue weighted by atomic mass is 16.2. The van der Waals surface area contributed by atoms with Crippen LogP contribution < -0.4 is 21.6 Å². The van der Waals surface area contributed by atoms with Gasteiger partial charge in [-0.3, -0.25) is 9.59 Å². The summed E-state index contributed by atoms with van der Waals surface area (Å²) in [4.78, 5) is 33.0. The third kappa shape index (κ3) is 6.57. The van der Waals surface area contributed by atoms with Crippen molar-refractivity contribution in [3.63, 3.8) is 0 Å². The summed E-state index contributed by atoms with van der Waals surface area (Å²) in [5.74, 6) is -0.387. The summed E-state index contributed by atoms with van der Waals surface area (Å²) in [6, 6.07) is 15.9. The van der Waals surface area contributed by atoms with Crippen LogP contribution in [0.5, 0.6) is 0 Å². The van der Waals surface area contributed by atoms with Crippen molar-refractivity contribution in [1.29, 1.82) is 0 Å². The minimum absolute atomic E-state index is 0.0483. The van der Waals surface area contributed by atoms with Gasteiger partial charge >= 0.3 is 0 Å². The van der Waals surface area contributed by atoms with Crippen molar-refractivity contribution in [2.45, 2.75) is 38.6 Å². The Morgan fingerprint density at radius 1 is 1.00 bits per heavy atom. The van der Waals surface area contributed by atoms with Crippen molar-refractivity contribution in [3.8, 4) is 0 Å². The van der Waals surface area contributed by atoms with E-state index < -0.39 is 0 Å². The van der Waals surface area contributed by atoms with Crippen LogP contribution in [0, 0.1) is 0 Å². The number of anilines is 2. The summed E-state index contributed by atoms with van der Waals surface area (Å²) in [6.45, 7) is 3.01. The van der Waals surface area contributed by atoms with Crippen LogP contribution in [0.3, 0.4) is 0 Å². The molecule has 0 saturated heterocycles. The van der Waals surface area contributed by atoms with Gasteiger partial charge in [0.2, 0.25) is 13.9 Å². The Labute approximate surface area is 201 Å². The van der Waals surface area contributed by atoms with Crippen molar-refractivity contribution in [1.82, 2.24) is 20.6 Å². The van der Waals surface area contributed by atoms with Crippen molar-refractivity contribution in [2.75, 3.05) is 17.5 Å². The zero-order chi connectivity index (χ0) is 24.3. The van der Waals surface area contributed by atoms with Crippen molar-refractivity contribution >= 4 is 31.3 Å². The number of nitrogen functional groups attached to an aromatic ring is 1. The molecule has 1 atom stereocenters. The van der Waals surface area contributed by atoms with Gasteiger partial charge in [0.1, 0.15) is 0 Å². The number of nitrogens with one attached hydrogen (secondary N) is 3. The van der Waals surface area contributed by atoms with Gasteiger partial charge < -0.3 is 21.6 Å². The Balaban J connectivity index is 1.50. The molecule has 0 aliphatic rings. The van der Waals surface area contributed by atoms with E-state index in [9.17, 15) is 9.59 Å². The second-order valence-corrected chi connectivity index (χ2v) is 8.01. The lowest BCUT2D eigenvalue weighted by atomic mass is 9.91. The Bertz CT molecular complexity index is 1110. The normalized spacial score (nSPS) is 11.4. The highest BCUT2D eigenvalue weighted by molar-refractivity contribution is 6.16.